The average Bonchev–Trinajstić information content (AvgIpc) is 2.94. The fourth-order valence-electron chi connectivity index (χ4n) is 3.26. The summed E-state index contributed by atoms with van der Waals surface area (Å²) in [5.41, 5.74) is 5.94. The van der Waals surface area contributed by atoms with E-state index in [1.165, 1.54) is 0 Å². The molecule has 5 nitrogen and oxygen atoms in total. The second-order valence-electron chi connectivity index (χ2n) is 6.91. The summed E-state index contributed by atoms with van der Waals surface area (Å²) in [6.07, 6.45) is 0. The minimum Gasteiger partial charge on any atom is -0.345 e. The summed E-state index contributed by atoms with van der Waals surface area (Å²) in [6.45, 7) is 4.53. The molecule has 6 heteroatoms. The number of hydrogen-bond acceptors (Lipinski definition) is 3. The van der Waals surface area contributed by atoms with E-state index in [2.05, 4.69) is 11.2 Å². The van der Waals surface area contributed by atoms with E-state index in [1.54, 1.807) is 31.1 Å². The zero-order valence-electron chi connectivity index (χ0n) is 16.3. The average molecular weight is 393 g/mol. The molecule has 1 heterocycles. The Kier molecular flexibility index (Phi) is 5.53. The first kappa shape index (κ1) is 19.7. The first-order chi connectivity index (χ1) is 13.3. The SMILES string of the molecule is Cc1nn(Cc2cccc(C(=O)N(C)C)c2)c(C)c1-c1ccc(C#N)c(Cl)c1. The third-order valence-electron chi connectivity index (χ3n) is 4.67. The van der Waals surface area contributed by atoms with Crippen LogP contribution in [0.3, 0.4) is 0 Å². The van der Waals surface area contributed by atoms with Crippen LogP contribution in [0.25, 0.3) is 11.1 Å². The lowest BCUT2D eigenvalue weighted by Gasteiger charge is -2.12. The van der Waals surface area contributed by atoms with Crippen molar-refractivity contribution in [2.75, 3.05) is 14.1 Å². The minimum absolute atomic E-state index is 0.0249. The Morgan fingerprint density at radius 3 is 2.61 bits per heavy atom. The van der Waals surface area contributed by atoms with Crippen molar-refractivity contribution >= 4 is 17.5 Å². The lowest BCUT2D eigenvalue weighted by Crippen LogP contribution is -2.21. The van der Waals surface area contributed by atoms with Gasteiger partial charge in [0.2, 0.25) is 0 Å². The van der Waals surface area contributed by atoms with Crippen molar-refractivity contribution in [2.24, 2.45) is 0 Å². The first-order valence-corrected chi connectivity index (χ1v) is 9.24. The number of aromatic nitrogens is 2. The molecule has 0 spiro atoms. The second-order valence-corrected chi connectivity index (χ2v) is 7.32. The van der Waals surface area contributed by atoms with Crippen molar-refractivity contribution in [1.82, 2.24) is 14.7 Å². The molecule has 3 rings (SSSR count). The van der Waals surface area contributed by atoms with Crippen LogP contribution in [0.1, 0.15) is 32.9 Å². The normalized spacial score (nSPS) is 10.6. The maximum atomic E-state index is 12.2. The molecule has 3 aromatic rings. The molecule has 0 aliphatic rings. The molecule has 28 heavy (non-hydrogen) atoms. The van der Waals surface area contributed by atoms with Crippen molar-refractivity contribution in [2.45, 2.75) is 20.4 Å². The van der Waals surface area contributed by atoms with Crippen LogP contribution in [0.2, 0.25) is 5.02 Å². The summed E-state index contributed by atoms with van der Waals surface area (Å²) in [6, 6.07) is 15.1. The zero-order valence-corrected chi connectivity index (χ0v) is 17.1. The Balaban J connectivity index is 1.95. The van der Waals surface area contributed by atoms with Gasteiger partial charge in [-0.25, -0.2) is 0 Å². The van der Waals surface area contributed by atoms with E-state index in [1.807, 2.05) is 48.9 Å². The highest BCUT2D eigenvalue weighted by molar-refractivity contribution is 6.32. The molecular weight excluding hydrogens is 372 g/mol. The maximum absolute atomic E-state index is 12.2. The molecule has 0 atom stereocenters. The van der Waals surface area contributed by atoms with Crippen LogP contribution in [-0.4, -0.2) is 34.7 Å². The van der Waals surface area contributed by atoms with Crippen LogP contribution in [0.4, 0.5) is 0 Å². The van der Waals surface area contributed by atoms with Gasteiger partial charge in [-0.15, -0.1) is 0 Å². The summed E-state index contributed by atoms with van der Waals surface area (Å²) in [7, 11) is 3.48. The number of nitriles is 1. The molecule has 0 radical (unpaired) electrons. The minimum atomic E-state index is -0.0249. The van der Waals surface area contributed by atoms with E-state index in [0.29, 0.717) is 22.7 Å². The van der Waals surface area contributed by atoms with Crippen LogP contribution in [-0.2, 0) is 6.54 Å². The summed E-state index contributed by atoms with van der Waals surface area (Å²) >= 11 is 6.21. The van der Waals surface area contributed by atoms with E-state index in [9.17, 15) is 4.79 Å². The Bertz CT molecular complexity index is 1090. The third-order valence-corrected chi connectivity index (χ3v) is 4.98. The van der Waals surface area contributed by atoms with Gasteiger partial charge in [-0.3, -0.25) is 9.48 Å². The smallest absolute Gasteiger partial charge is 0.253 e. The van der Waals surface area contributed by atoms with Crippen LogP contribution in [0.5, 0.6) is 0 Å². The number of carbonyl (C=O) groups excluding carboxylic acids is 1. The highest BCUT2D eigenvalue weighted by Crippen LogP contribution is 2.30. The largest absolute Gasteiger partial charge is 0.345 e. The first-order valence-electron chi connectivity index (χ1n) is 8.86. The van der Waals surface area contributed by atoms with Gasteiger partial charge in [0, 0.05) is 30.9 Å². The van der Waals surface area contributed by atoms with Gasteiger partial charge in [-0.1, -0.05) is 29.8 Å². The summed E-state index contributed by atoms with van der Waals surface area (Å²) in [5, 5.41) is 14.2. The van der Waals surface area contributed by atoms with Crippen LogP contribution < -0.4 is 0 Å². The number of hydrogen-bond donors (Lipinski definition) is 0. The number of benzene rings is 2. The fraction of sp³-hybridized carbons (Fsp3) is 0.227. The maximum Gasteiger partial charge on any atom is 0.253 e. The monoisotopic (exact) mass is 392 g/mol. The number of aryl methyl sites for hydroxylation is 1. The third kappa shape index (κ3) is 3.78. The molecule has 0 saturated heterocycles. The molecule has 2 aromatic carbocycles. The van der Waals surface area contributed by atoms with Gasteiger partial charge in [-0.05, 0) is 49.2 Å². The summed E-state index contributed by atoms with van der Waals surface area (Å²) in [5.74, 6) is -0.0249. The van der Waals surface area contributed by atoms with Crippen molar-refractivity contribution in [1.29, 1.82) is 5.26 Å². The second kappa shape index (κ2) is 7.87. The van der Waals surface area contributed by atoms with Gasteiger partial charge in [0.05, 0.1) is 22.8 Å². The van der Waals surface area contributed by atoms with Crippen molar-refractivity contribution in [3.05, 3.63) is 75.6 Å². The Morgan fingerprint density at radius 1 is 1.21 bits per heavy atom. The van der Waals surface area contributed by atoms with Crippen molar-refractivity contribution < 1.29 is 4.79 Å². The molecular formula is C22H21ClN4O. The van der Waals surface area contributed by atoms with Crippen LogP contribution >= 0.6 is 11.6 Å². The van der Waals surface area contributed by atoms with Gasteiger partial charge in [-0.2, -0.15) is 10.4 Å². The van der Waals surface area contributed by atoms with Crippen molar-refractivity contribution in [3.63, 3.8) is 0 Å². The summed E-state index contributed by atoms with van der Waals surface area (Å²) in [4.78, 5) is 13.8. The zero-order chi connectivity index (χ0) is 20.4. The molecule has 0 unspecified atom stereocenters. The van der Waals surface area contributed by atoms with Gasteiger partial charge in [0.25, 0.3) is 5.91 Å². The quantitative estimate of drug-likeness (QED) is 0.659. The molecule has 1 aromatic heterocycles. The van der Waals surface area contributed by atoms with E-state index in [4.69, 9.17) is 16.9 Å². The van der Waals surface area contributed by atoms with E-state index < -0.39 is 0 Å². The lowest BCUT2D eigenvalue weighted by molar-refractivity contribution is 0.0827. The highest BCUT2D eigenvalue weighted by atomic mass is 35.5. The van der Waals surface area contributed by atoms with Gasteiger partial charge < -0.3 is 4.90 Å². The van der Waals surface area contributed by atoms with E-state index in [-0.39, 0.29) is 5.91 Å². The predicted octanol–water partition coefficient (Wildman–Crippen LogP) is 4.44. The number of halogens is 1. The number of rotatable bonds is 4. The van der Waals surface area contributed by atoms with Crippen LogP contribution in [0.15, 0.2) is 42.5 Å². The number of nitrogens with zero attached hydrogens (tertiary/aromatic N) is 4. The Morgan fingerprint density at radius 2 is 1.96 bits per heavy atom. The van der Waals surface area contributed by atoms with Crippen LogP contribution in [0, 0.1) is 25.2 Å². The molecule has 0 fully saturated rings. The predicted molar refractivity (Wildman–Crippen MR) is 110 cm³/mol. The van der Waals surface area contributed by atoms with Gasteiger partial charge in [0.15, 0.2) is 0 Å². The van der Waals surface area contributed by atoms with E-state index >= 15 is 0 Å². The van der Waals surface area contributed by atoms with Crippen molar-refractivity contribution in [3.8, 4) is 17.2 Å². The molecule has 1 amide bonds. The standard InChI is InChI=1S/C22H21ClN4O/c1-14-21(17-8-9-19(12-24)20(23)11-17)15(2)27(25-14)13-16-6-5-7-18(10-16)22(28)26(3)4/h5-11H,13H2,1-4H3. The topological polar surface area (TPSA) is 61.9 Å². The lowest BCUT2D eigenvalue weighted by atomic mass is 10.0. The fourth-order valence-corrected chi connectivity index (χ4v) is 3.49. The molecule has 0 N–H and O–H groups in total. The number of amides is 1. The molecule has 0 aliphatic heterocycles. The molecule has 142 valence electrons. The molecule has 0 aliphatic carbocycles. The molecule has 0 bridgehead atoms. The summed E-state index contributed by atoms with van der Waals surface area (Å²) < 4.78 is 1.93. The highest BCUT2D eigenvalue weighted by Gasteiger charge is 2.16. The van der Waals surface area contributed by atoms with Gasteiger partial charge >= 0.3 is 0 Å². The Hall–Kier alpha value is -3.10. The Labute approximate surface area is 169 Å². The van der Waals surface area contributed by atoms with E-state index in [0.717, 1.165) is 28.1 Å². The van der Waals surface area contributed by atoms with Gasteiger partial charge in [0.1, 0.15) is 6.07 Å². The molecule has 0 saturated carbocycles. The number of carbonyl (C=O) groups is 1.